The fraction of sp³-hybridized carbons (Fsp3) is 0.500. The molecular weight excluding hydrogens is 314 g/mol. The molecule has 0 amide bonds. The molecule has 0 saturated heterocycles. The fourth-order valence-electron chi connectivity index (χ4n) is 2.50. The highest BCUT2D eigenvalue weighted by Crippen LogP contribution is 2.37. The lowest BCUT2D eigenvalue weighted by atomic mass is 9.77. The Morgan fingerprint density at radius 3 is 2.70 bits per heavy atom. The second-order valence-corrected chi connectivity index (χ2v) is 6.80. The monoisotopic (exact) mass is 335 g/mol. The number of aryl methyl sites for hydroxylation is 1. The van der Waals surface area contributed by atoms with Crippen molar-refractivity contribution in [2.75, 3.05) is 20.0 Å². The molecule has 1 aliphatic rings. The van der Waals surface area contributed by atoms with E-state index in [0.29, 0.717) is 18.1 Å². The topological polar surface area (TPSA) is 83.4 Å². The van der Waals surface area contributed by atoms with Gasteiger partial charge in [0.05, 0.1) is 19.8 Å². The Morgan fingerprint density at radius 1 is 1.26 bits per heavy atom. The molecule has 0 spiro atoms. The Hall–Kier alpha value is -1.73. The van der Waals surface area contributed by atoms with E-state index in [2.05, 4.69) is 10.1 Å². The summed E-state index contributed by atoms with van der Waals surface area (Å²) in [5.41, 5.74) is 5.84. The zero-order valence-corrected chi connectivity index (χ0v) is 14.2. The van der Waals surface area contributed by atoms with Crippen molar-refractivity contribution in [2.24, 2.45) is 5.73 Å². The largest absolute Gasteiger partial charge is 0.493 e. The van der Waals surface area contributed by atoms with Gasteiger partial charge in [-0.15, -0.1) is 11.8 Å². The van der Waals surface area contributed by atoms with E-state index in [4.69, 9.17) is 19.7 Å². The number of aromatic nitrogens is 2. The molecular formula is C16H21N3O3S. The summed E-state index contributed by atoms with van der Waals surface area (Å²) in [4.78, 5) is 5.54. The number of hydrogen-bond acceptors (Lipinski definition) is 7. The normalized spacial score (nSPS) is 16.0. The lowest BCUT2D eigenvalue weighted by molar-refractivity contribution is 0.229. The van der Waals surface area contributed by atoms with E-state index in [0.717, 1.165) is 41.4 Å². The Bertz CT molecular complexity index is 670. The second kappa shape index (κ2) is 6.80. The highest BCUT2D eigenvalue weighted by Gasteiger charge is 2.38. The van der Waals surface area contributed by atoms with Gasteiger partial charge in [0.2, 0.25) is 5.89 Å². The minimum Gasteiger partial charge on any atom is -0.493 e. The molecule has 7 heteroatoms. The molecule has 2 aromatic rings. The molecule has 1 heterocycles. The maximum Gasteiger partial charge on any atom is 0.227 e. The number of thioether (sulfide) groups is 1. The fourth-order valence-corrected chi connectivity index (χ4v) is 3.37. The molecule has 0 aliphatic heterocycles. The van der Waals surface area contributed by atoms with Gasteiger partial charge in [0, 0.05) is 17.1 Å². The number of nitrogens with zero attached hydrogens (tertiary/aromatic N) is 2. The SMILES string of the molecule is COc1ccc(SCCc2nc(C3(N)CCC3)no2)cc1OC. The van der Waals surface area contributed by atoms with Crippen LogP contribution in [0.1, 0.15) is 31.0 Å². The van der Waals surface area contributed by atoms with Crippen LogP contribution in [0.5, 0.6) is 11.5 Å². The predicted octanol–water partition coefficient (Wildman–Crippen LogP) is 2.76. The summed E-state index contributed by atoms with van der Waals surface area (Å²) in [7, 11) is 3.26. The molecule has 1 aromatic heterocycles. The van der Waals surface area contributed by atoms with E-state index >= 15 is 0 Å². The first-order chi connectivity index (χ1) is 11.1. The van der Waals surface area contributed by atoms with Crippen molar-refractivity contribution in [3.63, 3.8) is 0 Å². The standard InChI is InChI=1S/C16H21N3O3S/c1-20-12-5-4-11(10-13(12)21-2)23-9-6-14-18-15(19-22-14)16(17)7-3-8-16/h4-5,10H,3,6-9,17H2,1-2H3. The van der Waals surface area contributed by atoms with Crippen molar-refractivity contribution in [3.8, 4) is 11.5 Å². The highest BCUT2D eigenvalue weighted by atomic mass is 32.2. The quantitative estimate of drug-likeness (QED) is 0.779. The molecule has 0 unspecified atom stereocenters. The first-order valence-corrected chi connectivity index (χ1v) is 8.60. The predicted molar refractivity (Wildman–Crippen MR) is 88.0 cm³/mol. The summed E-state index contributed by atoms with van der Waals surface area (Å²) in [5.74, 6) is 3.59. The van der Waals surface area contributed by atoms with Crippen LogP contribution < -0.4 is 15.2 Å². The Labute approximate surface area is 139 Å². The van der Waals surface area contributed by atoms with Gasteiger partial charge in [-0.2, -0.15) is 4.98 Å². The molecule has 0 radical (unpaired) electrons. The first-order valence-electron chi connectivity index (χ1n) is 7.61. The maximum absolute atomic E-state index is 6.20. The van der Waals surface area contributed by atoms with Crippen molar-refractivity contribution in [2.45, 2.75) is 36.1 Å². The van der Waals surface area contributed by atoms with E-state index in [9.17, 15) is 0 Å². The molecule has 124 valence electrons. The lowest BCUT2D eigenvalue weighted by Crippen LogP contribution is -2.44. The minimum absolute atomic E-state index is 0.363. The number of benzene rings is 1. The van der Waals surface area contributed by atoms with Crippen LogP contribution in [0.3, 0.4) is 0 Å². The van der Waals surface area contributed by atoms with E-state index in [1.54, 1.807) is 26.0 Å². The molecule has 1 aliphatic carbocycles. The molecule has 1 saturated carbocycles. The number of hydrogen-bond donors (Lipinski definition) is 1. The molecule has 23 heavy (non-hydrogen) atoms. The van der Waals surface area contributed by atoms with Gasteiger partial charge in [0.1, 0.15) is 0 Å². The van der Waals surface area contributed by atoms with Gasteiger partial charge in [-0.1, -0.05) is 5.16 Å². The van der Waals surface area contributed by atoms with Gasteiger partial charge in [0.15, 0.2) is 17.3 Å². The van der Waals surface area contributed by atoms with Gasteiger partial charge in [-0.3, -0.25) is 0 Å². The van der Waals surface area contributed by atoms with Crippen LogP contribution in [0.25, 0.3) is 0 Å². The smallest absolute Gasteiger partial charge is 0.227 e. The van der Waals surface area contributed by atoms with Crippen molar-refractivity contribution < 1.29 is 14.0 Å². The van der Waals surface area contributed by atoms with Crippen LogP contribution in [0.15, 0.2) is 27.6 Å². The Kier molecular flexibility index (Phi) is 4.77. The average Bonchev–Trinajstić information content (AvgIpc) is 3.01. The van der Waals surface area contributed by atoms with E-state index in [-0.39, 0.29) is 5.54 Å². The number of rotatable bonds is 7. The lowest BCUT2D eigenvalue weighted by Gasteiger charge is -2.34. The van der Waals surface area contributed by atoms with Gasteiger partial charge >= 0.3 is 0 Å². The molecule has 2 N–H and O–H groups in total. The molecule has 0 bridgehead atoms. The second-order valence-electron chi connectivity index (χ2n) is 5.64. The van der Waals surface area contributed by atoms with Gasteiger partial charge < -0.3 is 19.7 Å². The van der Waals surface area contributed by atoms with E-state index in [1.165, 1.54) is 0 Å². The van der Waals surface area contributed by atoms with Crippen LogP contribution in [0, 0.1) is 0 Å². The van der Waals surface area contributed by atoms with Crippen LogP contribution in [-0.4, -0.2) is 30.1 Å². The van der Waals surface area contributed by atoms with Crippen LogP contribution in [0.2, 0.25) is 0 Å². The molecule has 3 rings (SSSR count). The third-order valence-corrected chi connectivity index (χ3v) is 5.09. The first kappa shape index (κ1) is 16.1. The molecule has 1 fully saturated rings. The number of nitrogens with two attached hydrogens (primary N) is 1. The zero-order valence-electron chi connectivity index (χ0n) is 13.4. The summed E-state index contributed by atoms with van der Waals surface area (Å²) in [6.07, 6.45) is 3.72. The van der Waals surface area contributed by atoms with Crippen molar-refractivity contribution in [1.29, 1.82) is 0 Å². The van der Waals surface area contributed by atoms with Crippen LogP contribution in [0.4, 0.5) is 0 Å². The van der Waals surface area contributed by atoms with E-state index in [1.807, 2.05) is 18.2 Å². The van der Waals surface area contributed by atoms with Crippen LogP contribution in [-0.2, 0) is 12.0 Å². The van der Waals surface area contributed by atoms with Gasteiger partial charge in [0.25, 0.3) is 0 Å². The summed E-state index contributed by atoms with van der Waals surface area (Å²) >= 11 is 1.71. The Morgan fingerprint density at radius 2 is 2.04 bits per heavy atom. The summed E-state index contributed by atoms with van der Waals surface area (Å²) in [6.45, 7) is 0. The van der Waals surface area contributed by atoms with Gasteiger partial charge in [-0.25, -0.2) is 0 Å². The van der Waals surface area contributed by atoms with Crippen LogP contribution >= 0.6 is 11.8 Å². The maximum atomic E-state index is 6.20. The molecule has 1 aromatic carbocycles. The summed E-state index contributed by atoms with van der Waals surface area (Å²) < 4.78 is 15.9. The summed E-state index contributed by atoms with van der Waals surface area (Å²) in [6, 6.07) is 5.88. The molecule has 0 atom stereocenters. The zero-order chi connectivity index (χ0) is 16.3. The van der Waals surface area contributed by atoms with Crippen molar-refractivity contribution in [3.05, 3.63) is 29.9 Å². The van der Waals surface area contributed by atoms with Gasteiger partial charge in [-0.05, 0) is 37.5 Å². The third kappa shape index (κ3) is 3.45. The average molecular weight is 335 g/mol. The number of methoxy groups -OCH3 is 2. The van der Waals surface area contributed by atoms with Crippen molar-refractivity contribution >= 4 is 11.8 Å². The minimum atomic E-state index is -0.363. The Balaban J connectivity index is 1.55. The van der Waals surface area contributed by atoms with Crippen molar-refractivity contribution in [1.82, 2.24) is 10.1 Å². The summed E-state index contributed by atoms with van der Waals surface area (Å²) in [5, 5.41) is 4.03. The molecule has 6 nitrogen and oxygen atoms in total. The third-order valence-electron chi connectivity index (χ3n) is 4.10. The number of ether oxygens (including phenoxy) is 2. The highest BCUT2D eigenvalue weighted by molar-refractivity contribution is 7.99. The van der Waals surface area contributed by atoms with E-state index < -0.39 is 0 Å².